The number of hydrazone groups is 1. The van der Waals surface area contributed by atoms with Gasteiger partial charge in [-0.1, -0.05) is 18.2 Å². The lowest BCUT2D eigenvalue weighted by Gasteiger charge is -2.00. The summed E-state index contributed by atoms with van der Waals surface area (Å²) in [6.07, 6.45) is 3.10. The Morgan fingerprint density at radius 3 is 2.95 bits per heavy atom. The average Bonchev–Trinajstić information content (AvgIpc) is 2.48. The number of aromatic nitrogens is 1. The number of carbonyl (C=O) groups excluding carboxylic acids is 1. The number of hydrogen-bond acceptors (Lipinski definition) is 4. The molecule has 0 saturated heterocycles. The Balaban J connectivity index is 1.98. The number of carbonyl (C=O) groups is 1. The number of ether oxygens (including phenoxy) is 1. The van der Waals surface area contributed by atoms with Gasteiger partial charge in [0.15, 0.2) is 0 Å². The summed E-state index contributed by atoms with van der Waals surface area (Å²) in [5.41, 5.74) is 3.57. The van der Waals surface area contributed by atoms with Crippen LogP contribution in [0.4, 0.5) is 0 Å². The summed E-state index contributed by atoms with van der Waals surface area (Å²) < 4.78 is 5.09. The van der Waals surface area contributed by atoms with E-state index < -0.39 is 0 Å². The van der Waals surface area contributed by atoms with E-state index in [4.69, 9.17) is 4.74 Å². The molecule has 1 heterocycles. The number of rotatable bonds is 4. The minimum absolute atomic E-state index is 0.324. The molecule has 1 N–H and O–H groups in total. The maximum atomic E-state index is 11.6. The second kappa shape index (κ2) is 6.30. The van der Waals surface area contributed by atoms with Crippen LogP contribution in [-0.2, 0) is 0 Å². The molecule has 0 radical (unpaired) electrons. The van der Waals surface area contributed by atoms with Crippen LogP contribution in [0.5, 0.6) is 5.75 Å². The van der Waals surface area contributed by atoms with Crippen molar-refractivity contribution in [3.05, 3.63) is 59.9 Å². The molecule has 5 nitrogen and oxygen atoms in total. The zero-order chi connectivity index (χ0) is 13.5. The lowest BCUT2D eigenvalue weighted by Crippen LogP contribution is -2.18. The second-order valence-electron chi connectivity index (χ2n) is 3.69. The van der Waals surface area contributed by atoms with E-state index in [1.54, 1.807) is 37.7 Å². The van der Waals surface area contributed by atoms with Gasteiger partial charge >= 0.3 is 0 Å². The number of amides is 1. The predicted molar refractivity (Wildman–Crippen MR) is 72.3 cm³/mol. The molecule has 0 aliphatic heterocycles. The average molecular weight is 255 g/mol. The maximum absolute atomic E-state index is 11.6. The fraction of sp³-hybridized carbons (Fsp3) is 0.0714. The van der Waals surface area contributed by atoms with Crippen molar-refractivity contribution in [3.63, 3.8) is 0 Å². The van der Waals surface area contributed by atoms with E-state index in [0.717, 1.165) is 11.3 Å². The zero-order valence-electron chi connectivity index (χ0n) is 10.4. The van der Waals surface area contributed by atoms with Gasteiger partial charge in [-0.2, -0.15) is 5.10 Å². The van der Waals surface area contributed by atoms with Crippen LogP contribution in [0, 0.1) is 0 Å². The van der Waals surface area contributed by atoms with Gasteiger partial charge in [0.2, 0.25) is 0 Å². The summed E-state index contributed by atoms with van der Waals surface area (Å²) in [4.78, 5) is 15.6. The summed E-state index contributed by atoms with van der Waals surface area (Å²) >= 11 is 0. The lowest BCUT2D eigenvalue weighted by molar-refractivity contribution is 0.0950. The number of hydrogen-bond donors (Lipinski definition) is 1. The quantitative estimate of drug-likeness (QED) is 0.670. The van der Waals surface area contributed by atoms with Crippen LogP contribution >= 0.6 is 0 Å². The van der Waals surface area contributed by atoms with E-state index in [1.165, 1.54) is 0 Å². The third-order valence-electron chi connectivity index (χ3n) is 2.37. The first kappa shape index (κ1) is 12.8. The molecule has 19 heavy (non-hydrogen) atoms. The van der Waals surface area contributed by atoms with Gasteiger partial charge in [0.05, 0.1) is 13.3 Å². The number of nitrogens with zero attached hydrogens (tertiary/aromatic N) is 2. The number of nitrogens with one attached hydrogen (secondary N) is 1. The molecule has 0 aliphatic carbocycles. The smallest absolute Gasteiger partial charge is 0.289 e. The summed E-state index contributed by atoms with van der Waals surface area (Å²) in [6.45, 7) is 0. The molecule has 1 aromatic carbocycles. The molecule has 0 fully saturated rings. The van der Waals surface area contributed by atoms with Gasteiger partial charge < -0.3 is 4.74 Å². The van der Waals surface area contributed by atoms with Crippen LogP contribution < -0.4 is 10.2 Å². The maximum Gasteiger partial charge on any atom is 0.289 e. The Hall–Kier alpha value is -2.69. The summed E-state index contributed by atoms with van der Waals surface area (Å²) in [5, 5.41) is 3.87. The fourth-order valence-electron chi connectivity index (χ4n) is 1.44. The van der Waals surface area contributed by atoms with Gasteiger partial charge in [-0.05, 0) is 29.8 Å². The standard InChI is InChI=1S/C14H13N3O2/c1-19-12-6-4-5-11(9-12)10-16-17-14(18)13-7-2-3-8-15-13/h2-10H,1H3,(H,17,18)/b16-10-. The molecule has 0 spiro atoms. The number of methoxy groups -OCH3 is 1. The van der Waals surface area contributed by atoms with Gasteiger partial charge in [0.25, 0.3) is 5.91 Å². The molecule has 96 valence electrons. The molecule has 0 unspecified atom stereocenters. The van der Waals surface area contributed by atoms with E-state index >= 15 is 0 Å². The highest BCUT2D eigenvalue weighted by Gasteiger charge is 2.03. The SMILES string of the molecule is COc1cccc(/C=N\NC(=O)c2ccccn2)c1. The Morgan fingerprint density at radius 2 is 2.21 bits per heavy atom. The van der Waals surface area contributed by atoms with Crippen LogP contribution in [-0.4, -0.2) is 24.2 Å². The van der Waals surface area contributed by atoms with Crippen molar-refractivity contribution in [2.45, 2.75) is 0 Å². The van der Waals surface area contributed by atoms with Crippen LogP contribution in [0.3, 0.4) is 0 Å². The molecule has 0 aliphatic rings. The van der Waals surface area contributed by atoms with E-state index in [2.05, 4.69) is 15.5 Å². The Labute approximate surface area is 110 Å². The summed E-state index contributed by atoms with van der Waals surface area (Å²) in [5.74, 6) is 0.389. The fourth-order valence-corrected chi connectivity index (χ4v) is 1.44. The second-order valence-corrected chi connectivity index (χ2v) is 3.69. The van der Waals surface area contributed by atoms with Crippen LogP contribution in [0.2, 0.25) is 0 Å². The summed E-state index contributed by atoms with van der Waals surface area (Å²) in [7, 11) is 1.60. The number of benzene rings is 1. The van der Waals surface area contributed by atoms with Crippen molar-refractivity contribution >= 4 is 12.1 Å². The first-order chi connectivity index (χ1) is 9.29. The normalized spacial score (nSPS) is 10.4. The minimum Gasteiger partial charge on any atom is -0.497 e. The van der Waals surface area contributed by atoms with E-state index in [1.807, 2.05) is 24.3 Å². The highest BCUT2D eigenvalue weighted by atomic mass is 16.5. The van der Waals surface area contributed by atoms with Crippen molar-refractivity contribution in [2.24, 2.45) is 5.10 Å². The van der Waals surface area contributed by atoms with E-state index in [9.17, 15) is 4.79 Å². The summed E-state index contributed by atoms with van der Waals surface area (Å²) in [6, 6.07) is 12.5. The Morgan fingerprint density at radius 1 is 1.32 bits per heavy atom. The van der Waals surface area contributed by atoms with Crippen LogP contribution in [0.1, 0.15) is 16.1 Å². The third-order valence-corrected chi connectivity index (χ3v) is 2.37. The molecular weight excluding hydrogens is 242 g/mol. The van der Waals surface area contributed by atoms with E-state index in [-0.39, 0.29) is 5.91 Å². The van der Waals surface area contributed by atoms with Crippen molar-refractivity contribution < 1.29 is 9.53 Å². The molecule has 5 heteroatoms. The molecule has 0 saturated carbocycles. The Bertz CT molecular complexity index is 582. The van der Waals surface area contributed by atoms with Crippen molar-refractivity contribution in [1.82, 2.24) is 10.4 Å². The molecule has 0 bridgehead atoms. The molecule has 1 aromatic heterocycles. The highest BCUT2D eigenvalue weighted by Crippen LogP contribution is 2.10. The van der Waals surface area contributed by atoms with Gasteiger partial charge in [0, 0.05) is 6.20 Å². The van der Waals surface area contributed by atoms with Crippen molar-refractivity contribution in [1.29, 1.82) is 0 Å². The molecule has 1 amide bonds. The first-order valence-corrected chi connectivity index (χ1v) is 5.68. The molecular formula is C14H13N3O2. The van der Waals surface area contributed by atoms with Crippen molar-refractivity contribution in [2.75, 3.05) is 7.11 Å². The third kappa shape index (κ3) is 3.64. The van der Waals surface area contributed by atoms with Gasteiger partial charge in [-0.3, -0.25) is 9.78 Å². The molecule has 2 aromatic rings. The van der Waals surface area contributed by atoms with Crippen LogP contribution in [0.25, 0.3) is 0 Å². The Kier molecular flexibility index (Phi) is 4.23. The molecule has 0 atom stereocenters. The zero-order valence-corrected chi connectivity index (χ0v) is 10.4. The van der Waals surface area contributed by atoms with E-state index in [0.29, 0.717) is 5.69 Å². The topological polar surface area (TPSA) is 63.6 Å². The monoisotopic (exact) mass is 255 g/mol. The van der Waals surface area contributed by atoms with Crippen molar-refractivity contribution in [3.8, 4) is 5.75 Å². The number of pyridine rings is 1. The van der Waals surface area contributed by atoms with Gasteiger partial charge in [-0.25, -0.2) is 5.43 Å². The minimum atomic E-state index is -0.347. The molecule has 2 rings (SSSR count). The largest absolute Gasteiger partial charge is 0.497 e. The van der Waals surface area contributed by atoms with Gasteiger partial charge in [-0.15, -0.1) is 0 Å². The van der Waals surface area contributed by atoms with Crippen LogP contribution in [0.15, 0.2) is 53.8 Å². The predicted octanol–water partition coefficient (Wildman–Crippen LogP) is 1.85. The first-order valence-electron chi connectivity index (χ1n) is 5.68. The lowest BCUT2D eigenvalue weighted by atomic mass is 10.2. The van der Waals surface area contributed by atoms with Gasteiger partial charge in [0.1, 0.15) is 11.4 Å². The highest BCUT2D eigenvalue weighted by molar-refractivity contribution is 5.93.